The number of benzene rings is 1. The number of carbonyl (C=O) groups is 1. The van der Waals surface area contributed by atoms with Gasteiger partial charge in [-0.3, -0.25) is 4.79 Å². The molecule has 0 aliphatic rings. The standard InChI is InChI=1S/C18H19N3OS/c1-12(2)17(18-19-14-7-3-4-8-15(14)20-18)21-16(22)10-9-13-6-5-11-23-13/h3-12,17H,1-2H3,(H,19,20)(H,21,22)/b10-9+/t17-/m0/s1. The zero-order valence-corrected chi connectivity index (χ0v) is 13.9. The number of para-hydroxylation sites is 2. The van der Waals surface area contributed by atoms with Gasteiger partial charge in [0.05, 0.1) is 17.1 Å². The van der Waals surface area contributed by atoms with Crippen LogP contribution in [-0.2, 0) is 4.79 Å². The first-order valence-electron chi connectivity index (χ1n) is 7.60. The molecule has 2 N–H and O–H groups in total. The third-order valence-corrected chi connectivity index (χ3v) is 4.45. The van der Waals surface area contributed by atoms with Crippen LogP contribution < -0.4 is 5.32 Å². The van der Waals surface area contributed by atoms with Crippen molar-refractivity contribution in [2.75, 3.05) is 0 Å². The van der Waals surface area contributed by atoms with E-state index in [0.29, 0.717) is 0 Å². The molecule has 3 aromatic rings. The lowest BCUT2D eigenvalue weighted by atomic mass is 10.0. The monoisotopic (exact) mass is 325 g/mol. The highest BCUT2D eigenvalue weighted by atomic mass is 32.1. The van der Waals surface area contributed by atoms with Crippen LogP contribution in [0.4, 0.5) is 0 Å². The highest BCUT2D eigenvalue weighted by Gasteiger charge is 2.20. The summed E-state index contributed by atoms with van der Waals surface area (Å²) in [5.74, 6) is 0.909. The second-order valence-corrected chi connectivity index (χ2v) is 6.70. The molecule has 1 aromatic carbocycles. The van der Waals surface area contributed by atoms with Gasteiger partial charge in [-0.15, -0.1) is 11.3 Å². The SMILES string of the molecule is CC(C)[C@H](NC(=O)/C=C/c1cccs1)c1nc2ccccc2[nH]1. The van der Waals surface area contributed by atoms with Crippen LogP contribution in [0.15, 0.2) is 47.9 Å². The molecular weight excluding hydrogens is 306 g/mol. The Kier molecular flexibility index (Phi) is 4.57. The van der Waals surface area contributed by atoms with Crippen molar-refractivity contribution >= 4 is 34.4 Å². The molecule has 0 spiro atoms. The molecule has 0 aliphatic carbocycles. The number of fused-ring (bicyclic) bond motifs is 1. The Bertz CT molecular complexity index is 785. The van der Waals surface area contributed by atoms with Gasteiger partial charge >= 0.3 is 0 Å². The average Bonchev–Trinajstić information content (AvgIpc) is 3.19. The van der Waals surface area contributed by atoms with Gasteiger partial charge in [-0.25, -0.2) is 4.98 Å². The number of imidazole rings is 1. The van der Waals surface area contributed by atoms with E-state index in [9.17, 15) is 4.79 Å². The molecule has 1 amide bonds. The second-order valence-electron chi connectivity index (χ2n) is 5.72. The number of amides is 1. The molecule has 5 heteroatoms. The summed E-state index contributed by atoms with van der Waals surface area (Å²) in [4.78, 5) is 21.2. The van der Waals surface area contributed by atoms with E-state index in [4.69, 9.17) is 0 Å². The largest absolute Gasteiger partial charge is 0.342 e. The molecule has 4 nitrogen and oxygen atoms in total. The van der Waals surface area contributed by atoms with Gasteiger partial charge < -0.3 is 10.3 Å². The Labute approximate surface area is 139 Å². The van der Waals surface area contributed by atoms with Crippen LogP contribution in [-0.4, -0.2) is 15.9 Å². The van der Waals surface area contributed by atoms with Crippen molar-refractivity contribution in [2.24, 2.45) is 5.92 Å². The molecule has 2 heterocycles. The van der Waals surface area contributed by atoms with Gasteiger partial charge in [-0.05, 0) is 35.6 Å². The molecule has 118 valence electrons. The number of aromatic amines is 1. The summed E-state index contributed by atoms with van der Waals surface area (Å²) in [7, 11) is 0. The smallest absolute Gasteiger partial charge is 0.244 e. The first kappa shape index (κ1) is 15.5. The molecule has 0 unspecified atom stereocenters. The zero-order chi connectivity index (χ0) is 16.2. The van der Waals surface area contributed by atoms with Crippen molar-refractivity contribution < 1.29 is 4.79 Å². The van der Waals surface area contributed by atoms with E-state index in [1.807, 2.05) is 47.9 Å². The summed E-state index contributed by atoms with van der Waals surface area (Å²) in [5.41, 5.74) is 1.90. The molecule has 3 rings (SSSR count). The van der Waals surface area contributed by atoms with Crippen LogP contribution in [0.25, 0.3) is 17.1 Å². The number of hydrogen-bond acceptors (Lipinski definition) is 3. The predicted octanol–water partition coefficient (Wildman–Crippen LogP) is 4.15. The number of thiophene rings is 1. The third kappa shape index (κ3) is 3.68. The highest BCUT2D eigenvalue weighted by molar-refractivity contribution is 7.10. The van der Waals surface area contributed by atoms with E-state index >= 15 is 0 Å². The molecule has 0 aliphatic heterocycles. The molecule has 0 radical (unpaired) electrons. The summed E-state index contributed by atoms with van der Waals surface area (Å²) >= 11 is 1.60. The fourth-order valence-electron chi connectivity index (χ4n) is 2.42. The number of nitrogens with one attached hydrogen (secondary N) is 2. The van der Waals surface area contributed by atoms with Gasteiger partial charge in [0, 0.05) is 11.0 Å². The first-order chi connectivity index (χ1) is 11.1. The normalized spacial score (nSPS) is 13.0. The van der Waals surface area contributed by atoms with Gasteiger partial charge in [-0.2, -0.15) is 0 Å². The van der Waals surface area contributed by atoms with Crippen LogP contribution in [0.1, 0.15) is 30.6 Å². The zero-order valence-electron chi connectivity index (χ0n) is 13.1. The van der Waals surface area contributed by atoms with Crippen LogP contribution in [0.2, 0.25) is 0 Å². The van der Waals surface area contributed by atoms with Crippen molar-refractivity contribution in [3.05, 3.63) is 58.6 Å². The summed E-state index contributed by atoms with van der Waals surface area (Å²) in [5, 5.41) is 5.03. The molecule has 0 saturated heterocycles. The Balaban J connectivity index is 1.77. The van der Waals surface area contributed by atoms with Gasteiger partial charge in [0.1, 0.15) is 5.82 Å². The maximum Gasteiger partial charge on any atom is 0.244 e. The van der Waals surface area contributed by atoms with Crippen LogP contribution >= 0.6 is 11.3 Å². The molecular formula is C18H19N3OS. The van der Waals surface area contributed by atoms with Crippen molar-refractivity contribution in [1.82, 2.24) is 15.3 Å². The van der Waals surface area contributed by atoms with Crippen molar-refractivity contribution in [3.63, 3.8) is 0 Å². The molecule has 0 saturated carbocycles. The number of hydrogen-bond donors (Lipinski definition) is 2. The minimum atomic E-state index is -0.150. The molecule has 23 heavy (non-hydrogen) atoms. The van der Waals surface area contributed by atoms with E-state index in [0.717, 1.165) is 21.7 Å². The summed E-state index contributed by atoms with van der Waals surface area (Å²) in [6, 6.07) is 11.7. The Morgan fingerprint density at radius 1 is 1.26 bits per heavy atom. The van der Waals surface area contributed by atoms with Crippen molar-refractivity contribution in [3.8, 4) is 0 Å². The van der Waals surface area contributed by atoms with E-state index in [1.54, 1.807) is 17.4 Å². The number of H-pyrrole nitrogens is 1. The average molecular weight is 325 g/mol. The topological polar surface area (TPSA) is 57.8 Å². The number of carbonyl (C=O) groups excluding carboxylic acids is 1. The fourth-order valence-corrected chi connectivity index (χ4v) is 3.03. The number of rotatable bonds is 5. The first-order valence-corrected chi connectivity index (χ1v) is 8.48. The van der Waals surface area contributed by atoms with Crippen LogP contribution in [0.3, 0.4) is 0 Å². The maximum atomic E-state index is 12.2. The quantitative estimate of drug-likeness (QED) is 0.692. The minimum Gasteiger partial charge on any atom is -0.342 e. The van der Waals surface area contributed by atoms with E-state index in [-0.39, 0.29) is 17.9 Å². The van der Waals surface area contributed by atoms with E-state index in [2.05, 4.69) is 29.1 Å². The fraction of sp³-hybridized carbons (Fsp3) is 0.222. The van der Waals surface area contributed by atoms with Gasteiger partial charge in [0.15, 0.2) is 0 Å². The van der Waals surface area contributed by atoms with Gasteiger partial charge in [0.2, 0.25) is 5.91 Å². The van der Waals surface area contributed by atoms with E-state index in [1.165, 1.54) is 0 Å². The summed E-state index contributed by atoms with van der Waals surface area (Å²) in [6.07, 6.45) is 3.40. The molecule has 0 fully saturated rings. The lowest BCUT2D eigenvalue weighted by Gasteiger charge is -2.19. The lowest BCUT2D eigenvalue weighted by molar-refractivity contribution is -0.117. The van der Waals surface area contributed by atoms with Gasteiger partial charge in [-0.1, -0.05) is 32.0 Å². The second kappa shape index (κ2) is 6.79. The number of nitrogens with zero attached hydrogens (tertiary/aromatic N) is 1. The van der Waals surface area contributed by atoms with Crippen LogP contribution in [0.5, 0.6) is 0 Å². The Morgan fingerprint density at radius 2 is 2.09 bits per heavy atom. The van der Waals surface area contributed by atoms with Crippen molar-refractivity contribution in [1.29, 1.82) is 0 Å². The molecule has 1 atom stereocenters. The van der Waals surface area contributed by atoms with Crippen LogP contribution in [0, 0.1) is 5.92 Å². The molecule has 2 aromatic heterocycles. The Morgan fingerprint density at radius 3 is 2.78 bits per heavy atom. The number of aromatic nitrogens is 2. The highest BCUT2D eigenvalue weighted by Crippen LogP contribution is 2.22. The molecule has 0 bridgehead atoms. The lowest BCUT2D eigenvalue weighted by Crippen LogP contribution is -2.31. The van der Waals surface area contributed by atoms with Crippen molar-refractivity contribution in [2.45, 2.75) is 19.9 Å². The third-order valence-electron chi connectivity index (χ3n) is 3.61. The summed E-state index contributed by atoms with van der Waals surface area (Å²) in [6.45, 7) is 4.14. The predicted molar refractivity (Wildman–Crippen MR) is 95.2 cm³/mol. The summed E-state index contributed by atoms with van der Waals surface area (Å²) < 4.78 is 0. The van der Waals surface area contributed by atoms with Gasteiger partial charge in [0.25, 0.3) is 0 Å². The maximum absolute atomic E-state index is 12.2. The van der Waals surface area contributed by atoms with E-state index < -0.39 is 0 Å². The Hall–Kier alpha value is -2.40. The minimum absolute atomic E-state index is 0.113.